The lowest BCUT2D eigenvalue weighted by Gasteiger charge is -2.23. The molecule has 2 rings (SSSR count). The molecule has 2 N–H and O–H groups in total. The lowest BCUT2D eigenvalue weighted by molar-refractivity contribution is 0.555. The Bertz CT molecular complexity index is 314. The molecule has 0 bridgehead atoms. The first kappa shape index (κ1) is 11.9. The van der Waals surface area contributed by atoms with E-state index in [1.807, 2.05) is 6.92 Å². The van der Waals surface area contributed by atoms with Crippen LogP contribution in [0.15, 0.2) is 5.38 Å². The third-order valence-electron chi connectivity index (χ3n) is 3.10. The molecule has 1 saturated heterocycles. The summed E-state index contributed by atoms with van der Waals surface area (Å²) in [4.78, 5) is 7.05. The number of hydrogen-bond acceptors (Lipinski definition) is 4. The topological polar surface area (TPSA) is 42.1 Å². The van der Waals surface area contributed by atoms with Gasteiger partial charge in [-0.3, -0.25) is 0 Å². The molecule has 1 atom stereocenters. The number of rotatable bonds is 2. The Hall–Kier alpha value is -0.610. The van der Waals surface area contributed by atoms with Gasteiger partial charge in [0.15, 0.2) is 5.13 Å². The van der Waals surface area contributed by atoms with E-state index < -0.39 is 0 Å². The Morgan fingerprint density at radius 3 is 2.44 bits per heavy atom. The van der Waals surface area contributed by atoms with Crippen LogP contribution in [0.5, 0.6) is 0 Å². The predicted molar refractivity (Wildman–Crippen MR) is 70.0 cm³/mol. The van der Waals surface area contributed by atoms with Gasteiger partial charge in [0.2, 0.25) is 0 Å². The van der Waals surface area contributed by atoms with E-state index in [0.717, 1.165) is 23.9 Å². The quantitative estimate of drug-likeness (QED) is 0.863. The van der Waals surface area contributed by atoms with Gasteiger partial charge in [0.1, 0.15) is 0 Å². The number of nitrogens with two attached hydrogens (primary N) is 1. The van der Waals surface area contributed by atoms with Crippen LogP contribution < -0.4 is 10.6 Å². The third kappa shape index (κ3) is 2.95. The Labute approximate surface area is 102 Å². The molecule has 1 aliphatic heterocycles. The summed E-state index contributed by atoms with van der Waals surface area (Å²) in [5, 5.41) is 3.26. The summed E-state index contributed by atoms with van der Waals surface area (Å²) in [6.07, 6.45) is 6.72. The van der Waals surface area contributed by atoms with E-state index in [-0.39, 0.29) is 6.04 Å². The van der Waals surface area contributed by atoms with Gasteiger partial charge >= 0.3 is 0 Å². The van der Waals surface area contributed by atoms with Crippen molar-refractivity contribution in [2.45, 2.75) is 45.1 Å². The summed E-state index contributed by atoms with van der Waals surface area (Å²) in [5.41, 5.74) is 6.87. The summed E-state index contributed by atoms with van der Waals surface area (Å²) in [6.45, 7) is 4.31. The molecule has 1 aromatic heterocycles. The molecule has 0 aliphatic carbocycles. The van der Waals surface area contributed by atoms with E-state index in [0.29, 0.717) is 0 Å². The van der Waals surface area contributed by atoms with Crippen LogP contribution in [0, 0.1) is 0 Å². The van der Waals surface area contributed by atoms with Gasteiger partial charge in [-0.1, -0.05) is 19.3 Å². The second-order valence-corrected chi connectivity index (χ2v) is 5.43. The minimum absolute atomic E-state index is 0.0553. The maximum absolute atomic E-state index is 5.84. The average Bonchev–Trinajstić information content (AvgIpc) is 2.66. The smallest absolute Gasteiger partial charge is 0.185 e. The van der Waals surface area contributed by atoms with Gasteiger partial charge in [-0.25, -0.2) is 4.98 Å². The fraction of sp³-hybridized carbons (Fsp3) is 0.750. The molecule has 16 heavy (non-hydrogen) atoms. The second kappa shape index (κ2) is 5.64. The largest absolute Gasteiger partial charge is 0.348 e. The molecule has 1 aromatic rings. The van der Waals surface area contributed by atoms with Crippen molar-refractivity contribution < 1.29 is 0 Å². The minimum Gasteiger partial charge on any atom is -0.348 e. The Morgan fingerprint density at radius 2 is 1.88 bits per heavy atom. The van der Waals surface area contributed by atoms with Crippen molar-refractivity contribution in [3.05, 3.63) is 11.1 Å². The van der Waals surface area contributed by atoms with Crippen molar-refractivity contribution in [2.75, 3.05) is 18.0 Å². The number of hydrogen-bond donors (Lipinski definition) is 1. The van der Waals surface area contributed by atoms with Crippen LogP contribution in [0.1, 0.15) is 50.8 Å². The van der Waals surface area contributed by atoms with Gasteiger partial charge in [-0.15, -0.1) is 11.3 Å². The van der Waals surface area contributed by atoms with Crippen molar-refractivity contribution in [2.24, 2.45) is 5.73 Å². The fourth-order valence-electron chi connectivity index (χ4n) is 2.07. The molecule has 0 radical (unpaired) electrons. The van der Waals surface area contributed by atoms with Crippen molar-refractivity contribution in [3.63, 3.8) is 0 Å². The highest BCUT2D eigenvalue weighted by atomic mass is 32.1. The summed E-state index contributed by atoms with van der Waals surface area (Å²) in [7, 11) is 0. The summed E-state index contributed by atoms with van der Waals surface area (Å²) < 4.78 is 0. The lowest BCUT2D eigenvalue weighted by Crippen LogP contribution is -2.26. The highest BCUT2D eigenvalue weighted by Gasteiger charge is 2.13. The Kier molecular flexibility index (Phi) is 4.18. The maximum Gasteiger partial charge on any atom is 0.185 e. The van der Waals surface area contributed by atoms with Crippen molar-refractivity contribution in [1.82, 2.24) is 4.98 Å². The molecule has 1 unspecified atom stereocenters. The van der Waals surface area contributed by atoms with Crippen LogP contribution in [0.2, 0.25) is 0 Å². The van der Waals surface area contributed by atoms with Gasteiger partial charge in [0.05, 0.1) is 5.69 Å². The molecule has 3 nitrogen and oxygen atoms in total. The predicted octanol–water partition coefficient (Wildman–Crippen LogP) is 2.93. The SMILES string of the molecule is CC(N)c1csc(N2CCCCCCC2)n1. The maximum atomic E-state index is 5.84. The number of nitrogens with zero attached hydrogens (tertiary/aromatic N) is 2. The van der Waals surface area contributed by atoms with E-state index in [4.69, 9.17) is 5.73 Å². The van der Waals surface area contributed by atoms with Gasteiger partial charge in [-0.2, -0.15) is 0 Å². The van der Waals surface area contributed by atoms with Gasteiger partial charge in [0.25, 0.3) is 0 Å². The number of anilines is 1. The van der Waals surface area contributed by atoms with Crippen LogP contribution >= 0.6 is 11.3 Å². The second-order valence-electron chi connectivity index (χ2n) is 4.60. The standard InChI is InChI=1S/C12H21N3S/c1-10(13)11-9-16-12(14-11)15-7-5-3-2-4-6-8-15/h9-10H,2-8,13H2,1H3. The molecule has 90 valence electrons. The van der Waals surface area contributed by atoms with Crippen LogP contribution in [-0.2, 0) is 0 Å². The number of thiazole rings is 1. The molecule has 0 saturated carbocycles. The normalized spacial score (nSPS) is 20.2. The summed E-state index contributed by atoms with van der Waals surface area (Å²) in [5.74, 6) is 0. The highest BCUT2D eigenvalue weighted by Crippen LogP contribution is 2.25. The van der Waals surface area contributed by atoms with Gasteiger partial charge in [-0.05, 0) is 19.8 Å². The molecule has 1 aliphatic rings. The van der Waals surface area contributed by atoms with Crippen molar-refractivity contribution in [1.29, 1.82) is 0 Å². The van der Waals surface area contributed by atoms with E-state index in [1.54, 1.807) is 11.3 Å². The molecule has 4 heteroatoms. The lowest BCUT2D eigenvalue weighted by atomic mass is 10.1. The Balaban J connectivity index is 2.02. The van der Waals surface area contributed by atoms with Crippen molar-refractivity contribution in [3.8, 4) is 0 Å². The number of aromatic nitrogens is 1. The zero-order valence-electron chi connectivity index (χ0n) is 9.98. The molecular weight excluding hydrogens is 218 g/mol. The summed E-state index contributed by atoms with van der Waals surface area (Å²) in [6, 6.07) is 0.0553. The summed E-state index contributed by atoms with van der Waals surface area (Å²) >= 11 is 1.74. The molecular formula is C12H21N3S. The minimum atomic E-state index is 0.0553. The molecule has 2 heterocycles. The van der Waals surface area contributed by atoms with E-state index in [9.17, 15) is 0 Å². The molecule has 0 amide bonds. The van der Waals surface area contributed by atoms with Crippen molar-refractivity contribution >= 4 is 16.5 Å². The van der Waals surface area contributed by atoms with Crippen LogP contribution in [0.3, 0.4) is 0 Å². The zero-order valence-corrected chi connectivity index (χ0v) is 10.8. The molecule has 0 spiro atoms. The van der Waals surface area contributed by atoms with Crippen LogP contribution in [0.25, 0.3) is 0 Å². The zero-order chi connectivity index (χ0) is 11.4. The first-order valence-electron chi connectivity index (χ1n) is 6.23. The van der Waals surface area contributed by atoms with Crippen LogP contribution in [-0.4, -0.2) is 18.1 Å². The third-order valence-corrected chi connectivity index (χ3v) is 4.02. The molecule has 0 aromatic carbocycles. The molecule has 1 fully saturated rings. The van der Waals surface area contributed by atoms with E-state index in [2.05, 4.69) is 15.3 Å². The fourth-order valence-corrected chi connectivity index (χ4v) is 3.05. The van der Waals surface area contributed by atoms with Crippen LogP contribution in [0.4, 0.5) is 5.13 Å². The van der Waals surface area contributed by atoms with E-state index in [1.165, 1.54) is 32.1 Å². The average molecular weight is 239 g/mol. The Morgan fingerprint density at radius 1 is 1.25 bits per heavy atom. The first-order valence-corrected chi connectivity index (χ1v) is 7.11. The van der Waals surface area contributed by atoms with E-state index >= 15 is 0 Å². The first-order chi connectivity index (χ1) is 7.77. The van der Waals surface area contributed by atoms with Gasteiger partial charge < -0.3 is 10.6 Å². The van der Waals surface area contributed by atoms with Gasteiger partial charge in [0, 0.05) is 24.5 Å². The highest BCUT2D eigenvalue weighted by molar-refractivity contribution is 7.13. The monoisotopic (exact) mass is 239 g/mol.